The number of likely N-dealkylation sites (tertiary alicyclic amines) is 1. The number of nitrogens with zero attached hydrogens (tertiary/aromatic N) is 2. The third-order valence-corrected chi connectivity index (χ3v) is 3.99. The number of rotatable bonds is 8. The average Bonchev–Trinajstić information content (AvgIpc) is 3.07. The molecule has 1 aromatic carbocycles. The van der Waals surface area contributed by atoms with Crippen LogP contribution in [-0.2, 0) is 4.74 Å². The van der Waals surface area contributed by atoms with E-state index in [1.165, 1.54) is 0 Å². The van der Waals surface area contributed by atoms with Gasteiger partial charge in [0.1, 0.15) is 18.1 Å². The molecule has 0 aliphatic carbocycles. The number of ether oxygens (including phenoxy) is 3. The zero-order valence-corrected chi connectivity index (χ0v) is 17.7. The minimum absolute atomic E-state index is 0. The molecule has 0 amide bonds. The molecule has 1 heterocycles. The van der Waals surface area contributed by atoms with Crippen molar-refractivity contribution in [3.63, 3.8) is 0 Å². The van der Waals surface area contributed by atoms with E-state index in [4.69, 9.17) is 14.2 Å². The first-order valence-electron chi connectivity index (χ1n) is 8.55. The molecule has 7 heteroatoms. The summed E-state index contributed by atoms with van der Waals surface area (Å²) in [6, 6.07) is 7.62. The fraction of sp³-hybridized carbons (Fsp3) is 0.611. The molecule has 2 rings (SSSR count). The maximum Gasteiger partial charge on any atom is 0.194 e. The van der Waals surface area contributed by atoms with Gasteiger partial charge in [0.2, 0.25) is 0 Å². The minimum Gasteiger partial charge on any atom is -0.497 e. The van der Waals surface area contributed by atoms with Crippen LogP contribution in [0.2, 0.25) is 0 Å². The maximum atomic E-state index is 5.75. The fourth-order valence-electron chi connectivity index (χ4n) is 2.83. The molecule has 1 fully saturated rings. The van der Waals surface area contributed by atoms with Crippen LogP contribution < -0.4 is 14.8 Å². The normalized spacial score (nSPS) is 17.2. The van der Waals surface area contributed by atoms with Crippen molar-refractivity contribution >= 4 is 29.9 Å². The molecule has 0 radical (unpaired) electrons. The molecule has 0 spiro atoms. The molecule has 1 aliphatic heterocycles. The van der Waals surface area contributed by atoms with E-state index in [2.05, 4.69) is 22.1 Å². The monoisotopic (exact) mass is 463 g/mol. The number of benzene rings is 1. The van der Waals surface area contributed by atoms with Gasteiger partial charge in [0, 0.05) is 38.7 Å². The minimum atomic E-state index is 0. The lowest BCUT2D eigenvalue weighted by atomic mass is 10.1. The molecule has 1 unspecified atom stereocenters. The van der Waals surface area contributed by atoms with Crippen LogP contribution in [0.3, 0.4) is 0 Å². The third kappa shape index (κ3) is 7.27. The maximum absolute atomic E-state index is 5.75. The number of hydrogen-bond donors (Lipinski definition) is 1. The Balaban J connectivity index is 0.00000312. The molecule has 1 aliphatic rings. The van der Waals surface area contributed by atoms with Crippen LogP contribution in [0.5, 0.6) is 11.5 Å². The number of guanidine groups is 1. The molecule has 1 saturated heterocycles. The highest BCUT2D eigenvalue weighted by Gasteiger charge is 2.24. The Kier molecular flexibility index (Phi) is 10.6. The third-order valence-electron chi connectivity index (χ3n) is 3.99. The van der Waals surface area contributed by atoms with E-state index in [9.17, 15) is 0 Å². The zero-order valence-electron chi connectivity index (χ0n) is 15.4. The van der Waals surface area contributed by atoms with Gasteiger partial charge in [0.05, 0.1) is 20.3 Å². The first kappa shape index (κ1) is 21.8. The van der Waals surface area contributed by atoms with Gasteiger partial charge in [0.25, 0.3) is 0 Å². The second-order valence-electron chi connectivity index (χ2n) is 5.82. The topological polar surface area (TPSA) is 55.3 Å². The Morgan fingerprint density at radius 2 is 2.12 bits per heavy atom. The number of nitrogens with one attached hydrogen (secondary N) is 1. The first-order chi connectivity index (χ1) is 11.8. The summed E-state index contributed by atoms with van der Waals surface area (Å²) in [6.07, 6.45) is 1.15. The summed E-state index contributed by atoms with van der Waals surface area (Å²) >= 11 is 0. The van der Waals surface area contributed by atoms with Crippen LogP contribution in [0.25, 0.3) is 0 Å². The van der Waals surface area contributed by atoms with Crippen LogP contribution in [0, 0.1) is 5.92 Å². The number of halogens is 1. The average molecular weight is 463 g/mol. The highest BCUT2D eigenvalue weighted by molar-refractivity contribution is 14.0. The summed E-state index contributed by atoms with van der Waals surface area (Å²) in [5.41, 5.74) is 0. The van der Waals surface area contributed by atoms with Crippen LogP contribution in [-0.4, -0.2) is 64.5 Å². The summed E-state index contributed by atoms with van der Waals surface area (Å²) in [4.78, 5) is 6.99. The van der Waals surface area contributed by atoms with Gasteiger partial charge in [-0.05, 0) is 25.5 Å². The summed E-state index contributed by atoms with van der Waals surface area (Å²) in [5.74, 6) is 3.15. The van der Waals surface area contributed by atoms with Gasteiger partial charge in [-0.3, -0.25) is 0 Å². The van der Waals surface area contributed by atoms with Crippen molar-refractivity contribution in [3.8, 4) is 11.5 Å². The number of methoxy groups -OCH3 is 2. The molecule has 0 saturated carbocycles. The Morgan fingerprint density at radius 3 is 2.84 bits per heavy atom. The van der Waals surface area contributed by atoms with E-state index in [0.717, 1.165) is 50.1 Å². The van der Waals surface area contributed by atoms with Crippen molar-refractivity contribution in [3.05, 3.63) is 24.3 Å². The SMILES string of the molecule is CCNC(=NCCOc1cccc(OC)c1)N1CCC(COC)C1.I. The van der Waals surface area contributed by atoms with E-state index >= 15 is 0 Å². The lowest BCUT2D eigenvalue weighted by Gasteiger charge is -2.21. The summed E-state index contributed by atoms with van der Waals surface area (Å²) in [7, 11) is 3.41. The lowest BCUT2D eigenvalue weighted by molar-refractivity contribution is 0.157. The van der Waals surface area contributed by atoms with Gasteiger partial charge in [-0.1, -0.05) is 6.07 Å². The summed E-state index contributed by atoms with van der Waals surface area (Å²) < 4.78 is 16.2. The molecule has 0 bridgehead atoms. The van der Waals surface area contributed by atoms with Gasteiger partial charge >= 0.3 is 0 Å². The molecule has 0 aromatic heterocycles. The first-order valence-corrected chi connectivity index (χ1v) is 8.55. The van der Waals surface area contributed by atoms with Gasteiger partial charge in [-0.15, -0.1) is 24.0 Å². The van der Waals surface area contributed by atoms with Crippen molar-refractivity contribution in [2.75, 3.05) is 53.6 Å². The van der Waals surface area contributed by atoms with Gasteiger partial charge in [-0.25, -0.2) is 4.99 Å². The fourth-order valence-corrected chi connectivity index (χ4v) is 2.83. The van der Waals surface area contributed by atoms with Gasteiger partial charge < -0.3 is 24.4 Å². The quantitative estimate of drug-likeness (QED) is 0.278. The molecular formula is C18H30IN3O3. The molecule has 1 atom stereocenters. The van der Waals surface area contributed by atoms with Crippen LogP contribution in [0.1, 0.15) is 13.3 Å². The van der Waals surface area contributed by atoms with E-state index in [1.807, 2.05) is 24.3 Å². The Bertz CT molecular complexity index is 528. The largest absolute Gasteiger partial charge is 0.497 e. The van der Waals surface area contributed by atoms with E-state index in [1.54, 1.807) is 14.2 Å². The van der Waals surface area contributed by atoms with Crippen LogP contribution >= 0.6 is 24.0 Å². The second-order valence-corrected chi connectivity index (χ2v) is 5.82. The Hall–Kier alpha value is -1.22. The molecule has 6 nitrogen and oxygen atoms in total. The van der Waals surface area contributed by atoms with Crippen LogP contribution in [0.15, 0.2) is 29.3 Å². The number of hydrogen-bond acceptors (Lipinski definition) is 4. The summed E-state index contributed by atoms with van der Waals surface area (Å²) in [5, 5.41) is 3.36. The predicted molar refractivity (Wildman–Crippen MR) is 111 cm³/mol. The van der Waals surface area contributed by atoms with Gasteiger partial charge in [0.15, 0.2) is 5.96 Å². The van der Waals surface area contributed by atoms with E-state index in [-0.39, 0.29) is 24.0 Å². The predicted octanol–water partition coefficient (Wildman–Crippen LogP) is 2.63. The molecule has 1 N–H and O–H groups in total. The van der Waals surface area contributed by atoms with Crippen molar-refractivity contribution in [1.82, 2.24) is 10.2 Å². The van der Waals surface area contributed by atoms with E-state index in [0.29, 0.717) is 19.1 Å². The van der Waals surface area contributed by atoms with Crippen molar-refractivity contribution < 1.29 is 14.2 Å². The van der Waals surface area contributed by atoms with Crippen molar-refractivity contribution in [2.45, 2.75) is 13.3 Å². The lowest BCUT2D eigenvalue weighted by Crippen LogP contribution is -2.40. The Morgan fingerprint density at radius 1 is 1.32 bits per heavy atom. The molecular weight excluding hydrogens is 433 g/mol. The number of aliphatic imine (C=N–C) groups is 1. The highest BCUT2D eigenvalue weighted by atomic mass is 127. The van der Waals surface area contributed by atoms with Gasteiger partial charge in [-0.2, -0.15) is 0 Å². The van der Waals surface area contributed by atoms with Crippen LogP contribution in [0.4, 0.5) is 0 Å². The second kappa shape index (κ2) is 12.2. The molecule has 1 aromatic rings. The standard InChI is InChI=1S/C18H29N3O3.HI/c1-4-19-18(21-10-8-15(13-21)14-22-2)20-9-11-24-17-7-5-6-16(12-17)23-3;/h5-7,12,15H,4,8-11,13-14H2,1-3H3,(H,19,20);1H. The molecule has 25 heavy (non-hydrogen) atoms. The smallest absolute Gasteiger partial charge is 0.194 e. The van der Waals surface area contributed by atoms with Crippen molar-refractivity contribution in [2.24, 2.45) is 10.9 Å². The van der Waals surface area contributed by atoms with Crippen molar-refractivity contribution in [1.29, 1.82) is 0 Å². The Labute approximate surface area is 167 Å². The molecule has 142 valence electrons. The zero-order chi connectivity index (χ0) is 17.2. The highest BCUT2D eigenvalue weighted by Crippen LogP contribution is 2.19. The van der Waals surface area contributed by atoms with E-state index < -0.39 is 0 Å². The summed E-state index contributed by atoms with van der Waals surface area (Å²) in [6.45, 7) is 6.94.